The minimum atomic E-state index is -3.74. The third-order valence-corrected chi connectivity index (χ3v) is 6.01. The lowest BCUT2D eigenvalue weighted by molar-refractivity contribution is 0.0954. The van der Waals surface area contributed by atoms with Crippen LogP contribution in [-0.2, 0) is 16.6 Å². The third-order valence-electron chi connectivity index (χ3n) is 3.45. The summed E-state index contributed by atoms with van der Waals surface area (Å²) in [6.07, 6.45) is 3.32. The number of carbonyl (C=O) groups excluding carboxylic acids is 1. The van der Waals surface area contributed by atoms with E-state index < -0.39 is 10.0 Å². The summed E-state index contributed by atoms with van der Waals surface area (Å²) in [6.45, 7) is 1.99. The number of sulfonamides is 1. The maximum Gasteiger partial charge on any atom is 0.263 e. The molecule has 0 aliphatic rings. The standard InChI is InChI=1S/C17H16N4O3S2/c1-12-15(16(22)19-11-13-6-5-9-18-10-13)25-17(20-12)21-26(23,24)14-7-3-2-4-8-14/h2-10H,11H2,1H3,(H,19,22)(H,20,21). The SMILES string of the molecule is Cc1nc(NS(=O)(=O)c2ccccc2)sc1C(=O)NCc1cccnc1. The van der Waals surface area contributed by atoms with Crippen LogP contribution in [0.3, 0.4) is 0 Å². The Morgan fingerprint density at radius 3 is 2.62 bits per heavy atom. The molecule has 0 aliphatic carbocycles. The van der Waals surface area contributed by atoms with Crippen LogP contribution in [0.4, 0.5) is 5.13 Å². The molecule has 3 aromatic rings. The van der Waals surface area contributed by atoms with Crippen LogP contribution in [-0.4, -0.2) is 24.3 Å². The van der Waals surface area contributed by atoms with Gasteiger partial charge in [0.25, 0.3) is 15.9 Å². The number of benzene rings is 1. The number of anilines is 1. The number of nitrogens with zero attached hydrogens (tertiary/aromatic N) is 2. The predicted molar refractivity (Wildman–Crippen MR) is 99.5 cm³/mol. The topological polar surface area (TPSA) is 101 Å². The van der Waals surface area contributed by atoms with Gasteiger partial charge in [-0.2, -0.15) is 0 Å². The van der Waals surface area contributed by atoms with Crippen molar-refractivity contribution >= 4 is 32.4 Å². The normalized spacial score (nSPS) is 11.1. The Bertz CT molecular complexity index is 1000. The largest absolute Gasteiger partial charge is 0.347 e. The molecule has 0 saturated carbocycles. The minimum Gasteiger partial charge on any atom is -0.347 e. The Morgan fingerprint density at radius 2 is 1.92 bits per heavy atom. The first-order valence-electron chi connectivity index (χ1n) is 7.68. The van der Waals surface area contributed by atoms with E-state index in [1.54, 1.807) is 43.6 Å². The van der Waals surface area contributed by atoms with E-state index in [-0.39, 0.29) is 15.9 Å². The number of pyridine rings is 1. The van der Waals surface area contributed by atoms with Gasteiger partial charge >= 0.3 is 0 Å². The number of amides is 1. The van der Waals surface area contributed by atoms with Crippen molar-refractivity contribution in [2.24, 2.45) is 0 Å². The molecule has 0 spiro atoms. The van der Waals surface area contributed by atoms with Gasteiger partial charge in [0.15, 0.2) is 5.13 Å². The van der Waals surface area contributed by atoms with Crippen LogP contribution in [0, 0.1) is 6.92 Å². The zero-order chi connectivity index (χ0) is 18.6. The Morgan fingerprint density at radius 1 is 1.15 bits per heavy atom. The second-order valence-corrected chi connectivity index (χ2v) is 8.08. The molecule has 3 rings (SSSR count). The molecule has 0 aliphatic heterocycles. The van der Waals surface area contributed by atoms with Crippen molar-refractivity contribution in [3.05, 3.63) is 71.0 Å². The lowest BCUT2D eigenvalue weighted by Gasteiger charge is -2.04. The number of thiazole rings is 1. The molecule has 1 aromatic carbocycles. The molecular formula is C17H16N4O3S2. The Balaban J connectivity index is 1.71. The number of carbonyl (C=O) groups is 1. The monoisotopic (exact) mass is 388 g/mol. The summed E-state index contributed by atoms with van der Waals surface area (Å²) in [5.74, 6) is -0.311. The number of hydrogen-bond acceptors (Lipinski definition) is 6. The van der Waals surface area contributed by atoms with E-state index >= 15 is 0 Å². The van der Waals surface area contributed by atoms with Crippen LogP contribution < -0.4 is 10.0 Å². The number of rotatable bonds is 6. The van der Waals surface area contributed by atoms with Crippen LogP contribution in [0.15, 0.2) is 59.8 Å². The Hall–Kier alpha value is -2.78. The average molecular weight is 388 g/mol. The molecule has 2 N–H and O–H groups in total. The summed E-state index contributed by atoms with van der Waals surface area (Å²) in [5, 5.41) is 2.93. The highest BCUT2D eigenvalue weighted by atomic mass is 32.2. The van der Waals surface area contributed by atoms with E-state index in [1.165, 1.54) is 12.1 Å². The van der Waals surface area contributed by atoms with Gasteiger partial charge in [-0.25, -0.2) is 13.4 Å². The van der Waals surface area contributed by atoms with Crippen molar-refractivity contribution < 1.29 is 13.2 Å². The molecule has 26 heavy (non-hydrogen) atoms. The summed E-state index contributed by atoms with van der Waals surface area (Å²) in [7, 11) is -3.74. The summed E-state index contributed by atoms with van der Waals surface area (Å²) in [5.41, 5.74) is 1.33. The van der Waals surface area contributed by atoms with Gasteiger partial charge in [0.05, 0.1) is 10.6 Å². The molecule has 0 atom stereocenters. The quantitative estimate of drug-likeness (QED) is 0.676. The minimum absolute atomic E-state index is 0.135. The fourth-order valence-corrected chi connectivity index (χ4v) is 4.33. The predicted octanol–water partition coefficient (Wildman–Crippen LogP) is 2.58. The van der Waals surface area contributed by atoms with Crippen molar-refractivity contribution in [3.8, 4) is 0 Å². The van der Waals surface area contributed by atoms with E-state index in [9.17, 15) is 13.2 Å². The molecule has 0 unspecified atom stereocenters. The number of hydrogen-bond donors (Lipinski definition) is 2. The average Bonchev–Trinajstić information content (AvgIpc) is 3.01. The van der Waals surface area contributed by atoms with E-state index in [0.29, 0.717) is 17.1 Å². The van der Waals surface area contributed by atoms with Crippen LogP contribution in [0.2, 0.25) is 0 Å². The highest BCUT2D eigenvalue weighted by Gasteiger charge is 2.20. The lowest BCUT2D eigenvalue weighted by atomic mass is 10.3. The van der Waals surface area contributed by atoms with Crippen molar-refractivity contribution in [1.82, 2.24) is 15.3 Å². The highest BCUT2D eigenvalue weighted by molar-refractivity contribution is 7.93. The van der Waals surface area contributed by atoms with Crippen molar-refractivity contribution in [2.75, 3.05) is 4.72 Å². The third kappa shape index (κ3) is 4.24. The first-order valence-corrected chi connectivity index (χ1v) is 9.98. The van der Waals surface area contributed by atoms with Gasteiger partial charge in [-0.15, -0.1) is 0 Å². The Labute approximate surface area is 155 Å². The molecule has 2 heterocycles. The van der Waals surface area contributed by atoms with E-state index in [0.717, 1.165) is 16.9 Å². The van der Waals surface area contributed by atoms with Gasteiger partial charge in [0.1, 0.15) is 4.88 Å². The fraction of sp³-hybridized carbons (Fsp3) is 0.118. The van der Waals surface area contributed by atoms with Gasteiger partial charge < -0.3 is 5.32 Å². The molecule has 0 fully saturated rings. The van der Waals surface area contributed by atoms with Crippen molar-refractivity contribution in [1.29, 1.82) is 0 Å². The Kier molecular flexibility index (Phi) is 5.29. The molecule has 7 nitrogen and oxygen atoms in total. The van der Waals surface area contributed by atoms with Gasteiger partial charge in [-0.3, -0.25) is 14.5 Å². The molecule has 2 aromatic heterocycles. The second kappa shape index (κ2) is 7.63. The summed E-state index contributed by atoms with van der Waals surface area (Å²) < 4.78 is 27.1. The molecule has 0 radical (unpaired) electrons. The maximum absolute atomic E-state index is 12.4. The van der Waals surface area contributed by atoms with Crippen LogP contribution >= 0.6 is 11.3 Å². The second-order valence-electron chi connectivity index (χ2n) is 5.40. The molecule has 1 amide bonds. The van der Waals surface area contributed by atoms with Crippen molar-refractivity contribution in [2.45, 2.75) is 18.4 Å². The number of aromatic nitrogens is 2. The number of aryl methyl sites for hydroxylation is 1. The fourth-order valence-electron chi connectivity index (χ4n) is 2.19. The summed E-state index contributed by atoms with van der Waals surface area (Å²) >= 11 is 0.995. The van der Waals surface area contributed by atoms with Gasteiger partial charge in [0, 0.05) is 18.9 Å². The lowest BCUT2D eigenvalue weighted by Crippen LogP contribution is -2.22. The maximum atomic E-state index is 12.4. The highest BCUT2D eigenvalue weighted by Crippen LogP contribution is 2.25. The molecular weight excluding hydrogens is 372 g/mol. The first kappa shape index (κ1) is 18.0. The zero-order valence-electron chi connectivity index (χ0n) is 13.8. The molecule has 134 valence electrons. The van der Waals surface area contributed by atoms with Crippen molar-refractivity contribution in [3.63, 3.8) is 0 Å². The van der Waals surface area contributed by atoms with Crippen LogP contribution in [0.25, 0.3) is 0 Å². The molecule has 9 heteroatoms. The van der Waals surface area contributed by atoms with E-state index in [1.807, 2.05) is 6.07 Å². The van der Waals surface area contributed by atoms with E-state index in [2.05, 4.69) is 20.0 Å². The van der Waals surface area contributed by atoms with Crippen LogP contribution in [0.5, 0.6) is 0 Å². The van der Waals surface area contributed by atoms with Gasteiger partial charge in [0.2, 0.25) is 0 Å². The first-order chi connectivity index (χ1) is 12.5. The molecule has 0 bridgehead atoms. The van der Waals surface area contributed by atoms with E-state index in [4.69, 9.17) is 0 Å². The number of nitrogens with one attached hydrogen (secondary N) is 2. The summed E-state index contributed by atoms with van der Waals surface area (Å²) in [6, 6.07) is 11.6. The summed E-state index contributed by atoms with van der Waals surface area (Å²) in [4.78, 5) is 21.0. The smallest absolute Gasteiger partial charge is 0.263 e. The van der Waals surface area contributed by atoms with Gasteiger partial charge in [-0.1, -0.05) is 35.6 Å². The van der Waals surface area contributed by atoms with Gasteiger partial charge in [-0.05, 0) is 30.7 Å². The van der Waals surface area contributed by atoms with Crippen LogP contribution in [0.1, 0.15) is 20.9 Å². The zero-order valence-corrected chi connectivity index (χ0v) is 15.5. The molecule has 0 saturated heterocycles.